The lowest BCUT2D eigenvalue weighted by atomic mass is 10.1. The molecule has 0 aromatic heterocycles. The third-order valence-corrected chi connectivity index (χ3v) is 3.49. The second kappa shape index (κ2) is 7.68. The fourth-order valence-electron chi connectivity index (χ4n) is 2.30. The van der Waals surface area contributed by atoms with Crippen LogP contribution >= 0.6 is 0 Å². The topological polar surface area (TPSA) is 26.3 Å². The molecule has 0 heterocycles. The molecule has 0 bridgehead atoms. The first kappa shape index (κ1) is 14.6. The van der Waals surface area contributed by atoms with Crippen LogP contribution in [0, 0.1) is 0 Å². The van der Waals surface area contributed by atoms with E-state index in [1.54, 1.807) is 0 Å². The van der Waals surface area contributed by atoms with Gasteiger partial charge in [-0.25, -0.2) is 0 Å². The van der Waals surface area contributed by atoms with Gasteiger partial charge >= 0.3 is 0 Å². The molecule has 0 unspecified atom stereocenters. The van der Waals surface area contributed by atoms with Gasteiger partial charge in [-0.3, -0.25) is 4.79 Å². The lowest BCUT2D eigenvalue weighted by molar-refractivity contribution is 0.112. The minimum absolute atomic E-state index is 0.703. The first-order chi connectivity index (χ1) is 9.83. The van der Waals surface area contributed by atoms with E-state index in [0.717, 1.165) is 35.8 Å². The Balaban J connectivity index is 1.91. The maximum absolute atomic E-state index is 10.8. The Kier molecular flexibility index (Phi) is 5.60. The molecule has 0 aliphatic heterocycles. The highest BCUT2D eigenvalue weighted by molar-refractivity contribution is 5.89. The van der Waals surface area contributed by atoms with E-state index in [1.165, 1.54) is 25.7 Å². The average molecular weight is 270 g/mol. The SMILES string of the molecule is CCCCCCCOc1ccc2ccc(C=O)cc2c1. The van der Waals surface area contributed by atoms with Crippen molar-refractivity contribution in [3.63, 3.8) is 0 Å². The van der Waals surface area contributed by atoms with E-state index in [9.17, 15) is 4.79 Å². The lowest BCUT2D eigenvalue weighted by Crippen LogP contribution is -1.97. The van der Waals surface area contributed by atoms with Crippen LogP contribution in [0.25, 0.3) is 10.8 Å². The summed E-state index contributed by atoms with van der Waals surface area (Å²) in [4.78, 5) is 10.8. The Bertz CT molecular complexity index is 560. The third-order valence-electron chi connectivity index (χ3n) is 3.49. The second-order valence-electron chi connectivity index (χ2n) is 5.15. The summed E-state index contributed by atoms with van der Waals surface area (Å²) in [6, 6.07) is 11.7. The van der Waals surface area contributed by atoms with Crippen molar-refractivity contribution in [1.29, 1.82) is 0 Å². The zero-order valence-electron chi connectivity index (χ0n) is 12.1. The van der Waals surface area contributed by atoms with E-state index in [0.29, 0.717) is 5.56 Å². The molecule has 0 spiro atoms. The number of fused-ring (bicyclic) bond motifs is 1. The van der Waals surface area contributed by atoms with Gasteiger partial charge in [-0.2, -0.15) is 0 Å². The number of ether oxygens (including phenoxy) is 1. The average Bonchev–Trinajstić information content (AvgIpc) is 2.50. The molecule has 0 saturated heterocycles. The summed E-state index contributed by atoms with van der Waals surface area (Å²) in [5.41, 5.74) is 0.703. The van der Waals surface area contributed by atoms with Crippen LogP contribution in [-0.2, 0) is 0 Å². The molecule has 0 radical (unpaired) electrons. The van der Waals surface area contributed by atoms with Crippen LogP contribution in [0.15, 0.2) is 36.4 Å². The van der Waals surface area contributed by atoms with Crippen molar-refractivity contribution < 1.29 is 9.53 Å². The molecule has 0 saturated carbocycles. The van der Waals surface area contributed by atoms with Crippen molar-refractivity contribution in [2.75, 3.05) is 6.61 Å². The van der Waals surface area contributed by atoms with Crippen molar-refractivity contribution in [1.82, 2.24) is 0 Å². The molecular formula is C18H22O2. The standard InChI is InChI=1S/C18H22O2/c1-2-3-4-5-6-11-20-18-10-9-16-8-7-15(14-19)12-17(16)13-18/h7-10,12-14H,2-6,11H2,1H3. The Labute approximate surface area is 120 Å². The van der Waals surface area contributed by atoms with Crippen LogP contribution in [0.4, 0.5) is 0 Å². The van der Waals surface area contributed by atoms with Crippen LogP contribution in [0.3, 0.4) is 0 Å². The molecular weight excluding hydrogens is 248 g/mol. The van der Waals surface area contributed by atoms with Gasteiger partial charge in [0.2, 0.25) is 0 Å². The summed E-state index contributed by atoms with van der Waals surface area (Å²) in [5.74, 6) is 0.885. The zero-order valence-corrected chi connectivity index (χ0v) is 12.1. The van der Waals surface area contributed by atoms with Crippen LogP contribution in [0.2, 0.25) is 0 Å². The summed E-state index contributed by atoms with van der Waals surface area (Å²) < 4.78 is 5.78. The first-order valence-electron chi connectivity index (χ1n) is 7.45. The van der Waals surface area contributed by atoms with Crippen LogP contribution < -0.4 is 4.74 Å². The highest BCUT2D eigenvalue weighted by atomic mass is 16.5. The highest BCUT2D eigenvalue weighted by Gasteiger charge is 1.99. The van der Waals surface area contributed by atoms with Crippen molar-refractivity contribution in [3.05, 3.63) is 42.0 Å². The predicted molar refractivity (Wildman–Crippen MR) is 83.6 cm³/mol. The van der Waals surface area contributed by atoms with Gasteiger partial charge in [0.25, 0.3) is 0 Å². The van der Waals surface area contributed by atoms with Gasteiger partial charge in [0.1, 0.15) is 12.0 Å². The lowest BCUT2D eigenvalue weighted by Gasteiger charge is -2.07. The molecule has 2 nitrogen and oxygen atoms in total. The molecule has 0 N–H and O–H groups in total. The largest absolute Gasteiger partial charge is 0.494 e. The number of hydrogen-bond acceptors (Lipinski definition) is 2. The molecule has 2 aromatic rings. The van der Waals surface area contributed by atoms with Gasteiger partial charge < -0.3 is 4.74 Å². The highest BCUT2D eigenvalue weighted by Crippen LogP contribution is 2.22. The molecule has 0 fully saturated rings. The monoisotopic (exact) mass is 270 g/mol. The number of unbranched alkanes of at least 4 members (excludes halogenated alkanes) is 4. The van der Waals surface area contributed by atoms with Gasteiger partial charge in [-0.1, -0.05) is 50.8 Å². The molecule has 0 atom stereocenters. The molecule has 20 heavy (non-hydrogen) atoms. The summed E-state index contributed by atoms with van der Waals surface area (Å²) in [6.07, 6.45) is 7.08. The Morgan fingerprint density at radius 1 is 0.950 bits per heavy atom. The van der Waals surface area contributed by atoms with Crippen molar-refractivity contribution in [2.45, 2.75) is 39.0 Å². The van der Waals surface area contributed by atoms with Crippen molar-refractivity contribution >= 4 is 17.1 Å². The Hall–Kier alpha value is -1.83. The first-order valence-corrected chi connectivity index (χ1v) is 7.45. The molecule has 0 aliphatic carbocycles. The molecule has 2 aromatic carbocycles. The van der Waals surface area contributed by atoms with Gasteiger partial charge in [0, 0.05) is 5.56 Å². The molecule has 0 aliphatic rings. The quantitative estimate of drug-likeness (QED) is 0.498. The van der Waals surface area contributed by atoms with Gasteiger partial charge in [0.15, 0.2) is 0 Å². The summed E-state index contributed by atoms with van der Waals surface area (Å²) in [5, 5.41) is 2.18. The summed E-state index contributed by atoms with van der Waals surface area (Å²) in [7, 11) is 0. The molecule has 0 amide bonds. The fraction of sp³-hybridized carbons (Fsp3) is 0.389. The number of aldehydes is 1. The third kappa shape index (κ3) is 4.09. The molecule has 2 rings (SSSR count). The Morgan fingerprint density at radius 2 is 1.75 bits per heavy atom. The number of hydrogen-bond donors (Lipinski definition) is 0. The van der Waals surface area contributed by atoms with Gasteiger partial charge in [-0.15, -0.1) is 0 Å². The number of carbonyl (C=O) groups excluding carboxylic acids is 1. The minimum atomic E-state index is 0.703. The summed E-state index contributed by atoms with van der Waals surface area (Å²) in [6.45, 7) is 2.99. The van der Waals surface area contributed by atoms with Crippen molar-refractivity contribution in [2.24, 2.45) is 0 Å². The normalized spacial score (nSPS) is 10.7. The van der Waals surface area contributed by atoms with Gasteiger partial charge in [0.05, 0.1) is 6.61 Å². The van der Waals surface area contributed by atoms with Crippen molar-refractivity contribution in [3.8, 4) is 5.75 Å². The molecule has 2 heteroatoms. The van der Waals surface area contributed by atoms with E-state index in [-0.39, 0.29) is 0 Å². The van der Waals surface area contributed by atoms with Gasteiger partial charge in [-0.05, 0) is 35.4 Å². The van der Waals surface area contributed by atoms with E-state index in [4.69, 9.17) is 4.74 Å². The maximum atomic E-state index is 10.8. The molecule has 106 valence electrons. The fourth-order valence-corrected chi connectivity index (χ4v) is 2.30. The number of carbonyl (C=O) groups is 1. The predicted octanol–water partition coefficient (Wildman–Crippen LogP) is 5.00. The minimum Gasteiger partial charge on any atom is -0.494 e. The zero-order chi connectivity index (χ0) is 14.2. The van der Waals surface area contributed by atoms with E-state index in [1.807, 2.05) is 36.4 Å². The van der Waals surface area contributed by atoms with Crippen LogP contribution in [0.1, 0.15) is 49.4 Å². The van der Waals surface area contributed by atoms with E-state index < -0.39 is 0 Å². The van der Waals surface area contributed by atoms with E-state index >= 15 is 0 Å². The van der Waals surface area contributed by atoms with Crippen LogP contribution in [-0.4, -0.2) is 12.9 Å². The second-order valence-corrected chi connectivity index (χ2v) is 5.15. The maximum Gasteiger partial charge on any atom is 0.150 e. The Morgan fingerprint density at radius 3 is 2.55 bits per heavy atom. The number of rotatable bonds is 8. The van der Waals surface area contributed by atoms with E-state index in [2.05, 4.69) is 6.92 Å². The van der Waals surface area contributed by atoms with Crippen LogP contribution in [0.5, 0.6) is 5.75 Å². The smallest absolute Gasteiger partial charge is 0.150 e. The number of benzene rings is 2. The summed E-state index contributed by atoms with van der Waals surface area (Å²) >= 11 is 0.